The molecule has 3 heterocycles. The summed E-state index contributed by atoms with van der Waals surface area (Å²) in [5.41, 5.74) is 3.63. The van der Waals surface area contributed by atoms with E-state index in [2.05, 4.69) is 30.6 Å². The zero-order chi connectivity index (χ0) is 26.5. The third-order valence-electron chi connectivity index (χ3n) is 5.91. The van der Waals surface area contributed by atoms with Gasteiger partial charge in [0.05, 0.1) is 25.0 Å². The molecule has 1 amide bonds. The molecule has 0 saturated heterocycles. The van der Waals surface area contributed by atoms with Gasteiger partial charge < -0.3 is 25.3 Å². The largest absolute Gasteiger partial charge is 0.467 e. The molecule has 0 radical (unpaired) electrons. The Balaban J connectivity index is 1.39. The Kier molecular flexibility index (Phi) is 7.27. The van der Waals surface area contributed by atoms with Gasteiger partial charge in [0.2, 0.25) is 5.95 Å². The maximum absolute atomic E-state index is 13.3. The van der Waals surface area contributed by atoms with Crippen molar-refractivity contribution in [3.8, 4) is 11.4 Å². The van der Waals surface area contributed by atoms with E-state index < -0.39 is 17.9 Å². The maximum atomic E-state index is 13.3. The minimum Gasteiger partial charge on any atom is -0.467 e. The number of H-pyrrole nitrogens is 1. The molecule has 1 atom stereocenters. The molecule has 0 bridgehead atoms. The fourth-order valence-electron chi connectivity index (χ4n) is 4.04. The molecule has 5 rings (SSSR count). The first-order valence-corrected chi connectivity index (χ1v) is 12.7. The number of amides is 1. The number of nitrogens with zero attached hydrogens (tertiary/aromatic N) is 4. The molecule has 0 aliphatic heterocycles. The van der Waals surface area contributed by atoms with Crippen LogP contribution in [0.4, 0.5) is 16.8 Å². The van der Waals surface area contributed by atoms with Crippen molar-refractivity contribution in [1.82, 2.24) is 25.3 Å². The highest BCUT2D eigenvalue weighted by atomic mass is 32.1. The first-order chi connectivity index (χ1) is 18.6. The van der Waals surface area contributed by atoms with Gasteiger partial charge in [0.25, 0.3) is 5.91 Å². The summed E-state index contributed by atoms with van der Waals surface area (Å²) in [5.74, 6) is -0.431. The van der Waals surface area contributed by atoms with Gasteiger partial charge >= 0.3 is 5.97 Å². The molecule has 192 valence electrons. The Labute approximate surface area is 222 Å². The molecule has 0 saturated carbocycles. The number of aromatic nitrogens is 4. The van der Waals surface area contributed by atoms with Crippen LogP contribution in [0.15, 0.2) is 78.4 Å². The number of anilines is 3. The van der Waals surface area contributed by atoms with Crippen LogP contribution in [0, 0.1) is 0 Å². The quantitative estimate of drug-likeness (QED) is 0.243. The lowest BCUT2D eigenvalue weighted by atomic mass is 10.1. The molecule has 0 unspecified atom stereocenters. The highest BCUT2D eigenvalue weighted by molar-refractivity contribution is 7.13. The second-order valence-corrected chi connectivity index (χ2v) is 9.18. The van der Waals surface area contributed by atoms with E-state index in [1.165, 1.54) is 18.4 Å². The summed E-state index contributed by atoms with van der Waals surface area (Å²) >= 11 is 1.44. The lowest BCUT2D eigenvalue weighted by Crippen LogP contribution is -2.48. The minimum absolute atomic E-state index is 0.147. The van der Waals surface area contributed by atoms with Crippen molar-refractivity contribution in [3.05, 3.63) is 84.0 Å². The van der Waals surface area contributed by atoms with E-state index in [1.54, 1.807) is 37.6 Å². The predicted octanol–water partition coefficient (Wildman–Crippen LogP) is 4.23. The number of para-hydroxylation sites is 1. The number of hydrogen-bond acceptors (Lipinski definition) is 9. The van der Waals surface area contributed by atoms with Crippen LogP contribution in [-0.2, 0) is 9.53 Å². The molecule has 2 aromatic carbocycles. The molecule has 5 aromatic rings. The predicted molar refractivity (Wildman–Crippen MR) is 148 cm³/mol. The Bertz CT molecular complexity index is 1550. The molecular weight excluding hydrogens is 502 g/mol. The fourth-order valence-corrected chi connectivity index (χ4v) is 4.71. The normalized spacial score (nSPS) is 11.6. The number of methoxy groups -OCH3 is 1. The molecule has 0 spiro atoms. The summed E-state index contributed by atoms with van der Waals surface area (Å²) in [7, 11) is 3.06. The Morgan fingerprint density at radius 2 is 1.92 bits per heavy atom. The Morgan fingerprint density at radius 1 is 1.08 bits per heavy atom. The van der Waals surface area contributed by atoms with Gasteiger partial charge in [-0.15, -0.1) is 11.3 Å². The average molecular weight is 528 g/mol. The first-order valence-electron chi connectivity index (χ1n) is 11.8. The number of hydrogen-bond donors (Lipinski definition) is 3. The van der Waals surface area contributed by atoms with Crippen LogP contribution in [0.5, 0.6) is 0 Å². The van der Waals surface area contributed by atoms with Gasteiger partial charge in [0.1, 0.15) is 6.04 Å². The van der Waals surface area contributed by atoms with Crippen molar-refractivity contribution in [2.24, 2.45) is 0 Å². The van der Waals surface area contributed by atoms with Crippen molar-refractivity contribution in [3.63, 3.8) is 0 Å². The van der Waals surface area contributed by atoms with Crippen molar-refractivity contribution in [2.75, 3.05) is 30.9 Å². The van der Waals surface area contributed by atoms with Gasteiger partial charge in [-0.3, -0.25) is 4.79 Å². The van der Waals surface area contributed by atoms with Crippen LogP contribution in [0.1, 0.15) is 10.4 Å². The molecule has 11 heteroatoms. The van der Waals surface area contributed by atoms with Crippen molar-refractivity contribution >= 4 is 50.9 Å². The Morgan fingerprint density at radius 3 is 2.66 bits per heavy atom. The number of thiazole rings is 1. The number of benzene rings is 2. The summed E-state index contributed by atoms with van der Waals surface area (Å²) < 4.78 is 5.03. The highest BCUT2D eigenvalue weighted by Gasteiger charge is 2.27. The topological polar surface area (TPSA) is 125 Å². The van der Waals surface area contributed by atoms with Gasteiger partial charge in [-0.25, -0.2) is 19.7 Å². The number of fused-ring (bicyclic) bond motifs is 1. The van der Waals surface area contributed by atoms with E-state index in [4.69, 9.17) is 4.74 Å². The zero-order valence-corrected chi connectivity index (χ0v) is 21.5. The molecule has 38 heavy (non-hydrogen) atoms. The number of aromatic amines is 1. The van der Waals surface area contributed by atoms with Crippen molar-refractivity contribution < 1.29 is 14.3 Å². The number of ether oxygens (including phenoxy) is 1. The van der Waals surface area contributed by atoms with Gasteiger partial charge in [0.15, 0.2) is 5.13 Å². The molecule has 0 fully saturated rings. The summed E-state index contributed by atoms with van der Waals surface area (Å²) in [6.45, 7) is 0.147. The van der Waals surface area contributed by atoms with E-state index in [0.29, 0.717) is 16.6 Å². The minimum atomic E-state index is -0.935. The van der Waals surface area contributed by atoms with Gasteiger partial charge in [0, 0.05) is 47.0 Å². The monoisotopic (exact) mass is 527 g/mol. The molecular formula is C27H25N7O3S. The number of nitrogens with one attached hydrogen (secondary N) is 3. The van der Waals surface area contributed by atoms with E-state index >= 15 is 0 Å². The van der Waals surface area contributed by atoms with Crippen LogP contribution in [0.2, 0.25) is 0 Å². The second-order valence-electron chi connectivity index (χ2n) is 8.31. The summed E-state index contributed by atoms with van der Waals surface area (Å²) in [6.07, 6.45) is 3.37. The third kappa shape index (κ3) is 5.32. The lowest BCUT2D eigenvalue weighted by Gasteiger charge is -2.26. The van der Waals surface area contributed by atoms with Crippen molar-refractivity contribution in [2.45, 2.75) is 6.04 Å². The van der Waals surface area contributed by atoms with Crippen LogP contribution < -0.4 is 15.5 Å². The van der Waals surface area contributed by atoms with E-state index in [0.717, 1.165) is 28.0 Å². The second kappa shape index (κ2) is 11.1. The SMILES string of the molecule is CNc1nccc(-c2cc3cc(C(=O)N[C@@H](CN(c4ccccc4)c4nccs4)C(=O)OC)ccc3[nH]2)n1. The molecule has 10 nitrogen and oxygen atoms in total. The number of carbonyl (C=O) groups excluding carboxylic acids is 2. The Hall–Kier alpha value is -4.77. The fraction of sp³-hybridized carbons (Fsp3) is 0.148. The molecule has 3 aromatic heterocycles. The van der Waals surface area contributed by atoms with E-state index in [1.807, 2.05) is 52.7 Å². The average Bonchev–Trinajstić information content (AvgIpc) is 3.65. The smallest absolute Gasteiger partial charge is 0.330 e. The maximum Gasteiger partial charge on any atom is 0.330 e. The zero-order valence-electron chi connectivity index (χ0n) is 20.7. The van der Waals surface area contributed by atoms with Crippen LogP contribution >= 0.6 is 11.3 Å². The summed E-state index contributed by atoms with van der Waals surface area (Å²) in [6, 6.07) is 17.7. The van der Waals surface area contributed by atoms with E-state index in [-0.39, 0.29) is 6.54 Å². The molecule has 0 aliphatic rings. The first kappa shape index (κ1) is 24.9. The summed E-state index contributed by atoms with van der Waals surface area (Å²) in [5, 5.41) is 9.17. The highest BCUT2D eigenvalue weighted by Crippen LogP contribution is 2.28. The summed E-state index contributed by atoms with van der Waals surface area (Å²) in [4.78, 5) is 44.2. The number of rotatable bonds is 9. The third-order valence-corrected chi connectivity index (χ3v) is 6.71. The molecule has 3 N–H and O–H groups in total. The number of esters is 1. The van der Waals surface area contributed by atoms with Crippen LogP contribution in [-0.4, -0.2) is 58.6 Å². The van der Waals surface area contributed by atoms with Gasteiger partial charge in [-0.2, -0.15) is 0 Å². The standard InChI is InChI=1S/C27H25N7O3S/c1-28-26-29-11-10-21(33-26)22-15-18-14-17(8-9-20(18)31-22)24(35)32-23(25(36)37-2)16-34(27-30-12-13-38-27)19-6-4-3-5-7-19/h3-15,23,31H,16H2,1-2H3,(H,32,35)(H,28,29,33)/t23-/m0/s1. The van der Waals surface area contributed by atoms with Gasteiger partial charge in [-0.1, -0.05) is 18.2 Å². The van der Waals surface area contributed by atoms with E-state index in [9.17, 15) is 9.59 Å². The van der Waals surface area contributed by atoms with Crippen LogP contribution in [0.25, 0.3) is 22.3 Å². The lowest BCUT2D eigenvalue weighted by molar-refractivity contribution is -0.142. The number of carbonyl (C=O) groups is 2. The van der Waals surface area contributed by atoms with Crippen LogP contribution in [0.3, 0.4) is 0 Å². The van der Waals surface area contributed by atoms with Gasteiger partial charge in [-0.05, 0) is 42.5 Å². The molecule has 0 aliphatic carbocycles. The van der Waals surface area contributed by atoms with Crippen molar-refractivity contribution in [1.29, 1.82) is 0 Å².